The number of para-hydroxylation sites is 2. The van der Waals surface area contributed by atoms with Crippen LogP contribution in [0.3, 0.4) is 0 Å². The molecule has 158 valence electrons. The molecule has 0 unspecified atom stereocenters. The zero-order chi connectivity index (χ0) is 21.6. The van der Waals surface area contributed by atoms with Gasteiger partial charge < -0.3 is 23.7 Å². The summed E-state index contributed by atoms with van der Waals surface area (Å²) in [7, 11) is 2.88. The van der Waals surface area contributed by atoms with Gasteiger partial charge in [-0.2, -0.15) is 0 Å². The van der Waals surface area contributed by atoms with Gasteiger partial charge in [0.1, 0.15) is 11.9 Å². The molecule has 0 spiro atoms. The molecule has 0 bridgehead atoms. The number of nitro benzene ring substituents is 1. The number of non-ortho nitro benzene ring substituents is 1. The third-order valence-electron chi connectivity index (χ3n) is 5.43. The summed E-state index contributed by atoms with van der Waals surface area (Å²) < 4.78 is 24.2. The molecule has 3 aromatic rings. The molecule has 2 aromatic carbocycles. The molecule has 4 rings (SSSR count). The summed E-state index contributed by atoms with van der Waals surface area (Å²) >= 11 is 5.45. The number of hydrogen-bond acceptors (Lipinski definition) is 8. The molecule has 30 heavy (non-hydrogen) atoms. The van der Waals surface area contributed by atoms with Crippen LogP contribution in [0, 0.1) is 15.0 Å². The van der Waals surface area contributed by atoms with Crippen molar-refractivity contribution in [3.63, 3.8) is 0 Å². The second-order valence-corrected chi connectivity index (χ2v) is 7.51. The summed E-state index contributed by atoms with van der Waals surface area (Å²) in [5.41, 5.74) is 0.101. The van der Waals surface area contributed by atoms with E-state index in [2.05, 4.69) is 0 Å². The van der Waals surface area contributed by atoms with Crippen LogP contribution in [0.15, 0.2) is 46.9 Å². The molecule has 10 heteroatoms. The van der Waals surface area contributed by atoms with E-state index in [-0.39, 0.29) is 10.5 Å². The van der Waals surface area contributed by atoms with E-state index < -0.39 is 29.0 Å². The van der Waals surface area contributed by atoms with Crippen molar-refractivity contribution in [3.8, 4) is 5.75 Å². The Bertz CT molecular complexity index is 1170. The molecule has 0 amide bonds. The summed E-state index contributed by atoms with van der Waals surface area (Å²) in [6.45, 7) is 1.65. The molecule has 3 atom stereocenters. The molecule has 0 aliphatic carbocycles. The lowest BCUT2D eigenvalue weighted by Crippen LogP contribution is -2.60. The van der Waals surface area contributed by atoms with Crippen LogP contribution in [-0.4, -0.2) is 46.8 Å². The predicted molar refractivity (Wildman–Crippen MR) is 109 cm³/mol. The third-order valence-corrected chi connectivity index (χ3v) is 5.71. The molecule has 0 saturated carbocycles. The molecular weight excluding hydrogens is 412 g/mol. The number of ether oxygens (including phenoxy) is 3. The van der Waals surface area contributed by atoms with Crippen LogP contribution in [0.5, 0.6) is 5.75 Å². The first kappa shape index (κ1) is 20.5. The van der Waals surface area contributed by atoms with E-state index in [0.717, 1.165) is 0 Å². The van der Waals surface area contributed by atoms with Gasteiger partial charge in [0, 0.05) is 31.9 Å². The van der Waals surface area contributed by atoms with E-state index in [0.29, 0.717) is 22.4 Å². The maximum atomic E-state index is 11.5. The van der Waals surface area contributed by atoms with Gasteiger partial charge in [-0.05, 0) is 37.3 Å². The van der Waals surface area contributed by atoms with E-state index >= 15 is 0 Å². The van der Waals surface area contributed by atoms with Crippen LogP contribution >= 0.6 is 12.2 Å². The molecule has 2 heterocycles. The average molecular weight is 432 g/mol. The first-order valence-electron chi connectivity index (χ1n) is 9.13. The van der Waals surface area contributed by atoms with E-state index in [1.165, 1.54) is 32.4 Å². The highest BCUT2D eigenvalue weighted by Gasteiger charge is 2.53. The molecule has 0 fully saturated rings. The number of aliphatic hydroxyl groups excluding tert-OH is 1. The van der Waals surface area contributed by atoms with E-state index in [1.54, 1.807) is 29.7 Å². The van der Waals surface area contributed by atoms with Gasteiger partial charge in [0.15, 0.2) is 17.5 Å². The zero-order valence-corrected chi connectivity index (χ0v) is 17.3. The standard InChI is InChI=1S/C20H20N2O7S/c1-20(18(26-2)27-3)17(23)16(12-10-11(22(24)25)8-9-14(12)29-20)21-13-6-4-5-7-15(13)28-19(21)30/h4-10,16-18,23H,1-3H3/t16-,17-,20-/m0/s1. The van der Waals surface area contributed by atoms with Crippen molar-refractivity contribution >= 4 is 29.0 Å². The van der Waals surface area contributed by atoms with E-state index in [4.69, 9.17) is 30.8 Å². The Labute approximate surface area is 176 Å². The Morgan fingerprint density at radius 2 is 1.97 bits per heavy atom. The minimum absolute atomic E-state index is 0.119. The second-order valence-electron chi connectivity index (χ2n) is 7.16. The van der Waals surface area contributed by atoms with Crippen molar-refractivity contribution in [2.75, 3.05) is 14.2 Å². The van der Waals surface area contributed by atoms with Crippen LogP contribution in [0.1, 0.15) is 18.5 Å². The Morgan fingerprint density at radius 3 is 2.63 bits per heavy atom. The number of rotatable bonds is 5. The number of hydrogen-bond donors (Lipinski definition) is 1. The number of aromatic nitrogens is 1. The molecule has 0 radical (unpaired) electrons. The largest absolute Gasteiger partial charge is 0.479 e. The highest BCUT2D eigenvalue weighted by atomic mass is 32.1. The van der Waals surface area contributed by atoms with Crippen LogP contribution in [0.2, 0.25) is 0 Å². The maximum Gasteiger partial charge on any atom is 0.270 e. The lowest BCUT2D eigenvalue weighted by atomic mass is 9.84. The van der Waals surface area contributed by atoms with Gasteiger partial charge in [-0.25, -0.2) is 0 Å². The Kier molecular flexibility index (Phi) is 5.10. The number of methoxy groups -OCH3 is 2. The summed E-state index contributed by atoms with van der Waals surface area (Å²) in [5, 5.41) is 22.9. The van der Waals surface area contributed by atoms with Crippen LogP contribution < -0.4 is 4.74 Å². The maximum absolute atomic E-state index is 11.5. The van der Waals surface area contributed by atoms with Crippen molar-refractivity contribution in [3.05, 3.63) is 63.0 Å². The van der Waals surface area contributed by atoms with Crippen LogP contribution in [0.25, 0.3) is 11.1 Å². The molecule has 9 nitrogen and oxygen atoms in total. The van der Waals surface area contributed by atoms with E-state index in [1.807, 2.05) is 6.07 Å². The highest BCUT2D eigenvalue weighted by molar-refractivity contribution is 7.71. The molecular formula is C20H20N2O7S. The second kappa shape index (κ2) is 7.47. The lowest BCUT2D eigenvalue weighted by Gasteiger charge is -2.46. The van der Waals surface area contributed by atoms with Crippen molar-refractivity contribution in [2.24, 2.45) is 0 Å². The topological polar surface area (TPSA) is 109 Å². The van der Waals surface area contributed by atoms with Gasteiger partial charge in [0.2, 0.25) is 0 Å². The number of benzene rings is 2. The summed E-state index contributed by atoms with van der Waals surface area (Å²) in [6.07, 6.45) is -2.17. The third kappa shape index (κ3) is 3.00. The Morgan fingerprint density at radius 1 is 1.27 bits per heavy atom. The zero-order valence-electron chi connectivity index (χ0n) is 16.5. The normalized spacial score (nSPS) is 23.4. The van der Waals surface area contributed by atoms with E-state index in [9.17, 15) is 15.2 Å². The fourth-order valence-corrected chi connectivity index (χ4v) is 4.34. The SMILES string of the molecule is COC(OC)[C@@]1(C)Oc2ccc([N+](=O)[O-])cc2[C@H](n2c(=S)oc3ccccc32)[C@@H]1O. The Hall–Kier alpha value is -2.79. The molecule has 1 aromatic heterocycles. The average Bonchev–Trinajstić information content (AvgIpc) is 3.05. The summed E-state index contributed by atoms with van der Waals surface area (Å²) in [5.74, 6) is 0.352. The number of nitro groups is 1. The summed E-state index contributed by atoms with van der Waals surface area (Å²) in [4.78, 5) is 11.0. The lowest BCUT2D eigenvalue weighted by molar-refractivity contribution is -0.385. The van der Waals surface area contributed by atoms with Gasteiger partial charge in [-0.15, -0.1) is 0 Å². The van der Waals surface area contributed by atoms with Gasteiger partial charge in [-0.1, -0.05) is 12.1 Å². The first-order valence-corrected chi connectivity index (χ1v) is 9.53. The fourth-order valence-electron chi connectivity index (χ4n) is 4.03. The highest BCUT2D eigenvalue weighted by Crippen LogP contribution is 2.46. The van der Waals surface area contributed by atoms with Crippen molar-refractivity contribution < 1.29 is 28.7 Å². The number of nitrogens with zero attached hydrogens (tertiary/aromatic N) is 2. The van der Waals surface area contributed by atoms with Gasteiger partial charge in [0.05, 0.1) is 16.5 Å². The fraction of sp³-hybridized carbons (Fsp3) is 0.350. The van der Waals surface area contributed by atoms with Crippen molar-refractivity contribution in [1.82, 2.24) is 4.57 Å². The smallest absolute Gasteiger partial charge is 0.270 e. The molecule has 1 aliphatic heterocycles. The van der Waals surface area contributed by atoms with Gasteiger partial charge in [0.25, 0.3) is 10.5 Å². The van der Waals surface area contributed by atoms with Crippen LogP contribution in [-0.2, 0) is 9.47 Å². The number of fused-ring (bicyclic) bond motifs is 2. The summed E-state index contributed by atoms with van der Waals surface area (Å²) in [6, 6.07) is 10.6. The monoisotopic (exact) mass is 432 g/mol. The molecule has 1 N–H and O–H groups in total. The first-order chi connectivity index (χ1) is 14.3. The molecule has 0 saturated heterocycles. The van der Waals surface area contributed by atoms with Crippen molar-refractivity contribution in [2.45, 2.75) is 31.0 Å². The molecule has 1 aliphatic rings. The number of aliphatic hydroxyl groups is 1. The predicted octanol–water partition coefficient (Wildman–Crippen LogP) is 3.59. The minimum Gasteiger partial charge on any atom is -0.479 e. The van der Waals surface area contributed by atoms with Gasteiger partial charge in [-0.3, -0.25) is 14.7 Å². The number of oxazole rings is 1. The van der Waals surface area contributed by atoms with Gasteiger partial charge >= 0.3 is 0 Å². The quantitative estimate of drug-likeness (QED) is 0.282. The Balaban J connectivity index is 2.01. The van der Waals surface area contributed by atoms with Crippen LogP contribution in [0.4, 0.5) is 5.69 Å². The minimum atomic E-state index is -1.34. The van der Waals surface area contributed by atoms with Crippen molar-refractivity contribution in [1.29, 1.82) is 0 Å².